The van der Waals surface area contributed by atoms with Crippen molar-refractivity contribution in [3.05, 3.63) is 64.1 Å². The van der Waals surface area contributed by atoms with Crippen LogP contribution in [0.1, 0.15) is 28.8 Å². The third kappa shape index (κ3) is 3.98. The summed E-state index contributed by atoms with van der Waals surface area (Å²) in [6.45, 7) is 0.838. The second kappa shape index (κ2) is 7.11. The zero-order chi connectivity index (χ0) is 18.9. The highest BCUT2D eigenvalue weighted by Gasteiger charge is 2.35. The number of amides is 1. The van der Waals surface area contributed by atoms with E-state index in [0.29, 0.717) is 31.5 Å². The molecule has 1 amide bonds. The van der Waals surface area contributed by atoms with Gasteiger partial charge in [-0.25, -0.2) is 13.6 Å². The number of aliphatic hydroxyl groups is 1. The Morgan fingerprint density at radius 3 is 2.08 bits per heavy atom. The molecule has 1 saturated heterocycles. The van der Waals surface area contributed by atoms with Crippen LogP contribution in [-0.2, 0) is 15.6 Å². The standard InChI is InChI=1S/C18H19BrN2O4S/c19-15-5-3-14(4-6-15)18(23)9-11-21(12-10-18)17(22)13-1-7-16(8-2-13)26(20,24)25/h1-8,23H,9-12H2,(H2,20,24,25). The van der Waals surface area contributed by atoms with Crippen LogP contribution in [0.2, 0.25) is 0 Å². The predicted molar refractivity (Wildman–Crippen MR) is 101 cm³/mol. The molecule has 26 heavy (non-hydrogen) atoms. The van der Waals surface area contributed by atoms with Crippen molar-refractivity contribution in [2.24, 2.45) is 5.14 Å². The monoisotopic (exact) mass is 438 g/mol. The number of hydrogen-bond acceptors (Lipinski definition) is 4. The Bertz CT molecular complexity index is 903. The number of halogens is 1. The fourth-order valence-electron chi connectivity index (χ4n) is 3.10. The van der Waals surface area contributed by atoms with Crippen molar-refractivity contribution in [3.63, 3.8) is 0 Å². The van der Waals surface area contributed by atoms with Crippen molar-refractivity contribution in [1.82, 2.24) is 4.90 Å². The molecule has 1 fully saturated rings. The molecule has 6 nitrogen and oxygen atoms in total. The Morgan fingerprint density at radius 1 is 1.04 bits per heavy atom. The lowest BCUT2D eigenvalue weighted by Crippen LogP contribution is -2.45. The quantitative estimate of drug-likeness (QED) is 0.766. The molecule has 8 heteroatoms. The van der Waals surface area contributed by atoms with Gasteiger partial charge in [0.1, 0.15) is 0 Å². The Hall–Kier alpha value is -1.74. The molecule has 0 atom stereocenters. The van der Waals surface area contributed by atoms with Gasteiger partial charge in [0.15, 0.2) is 0 Å². The first-order valence-electron chi connectivity index (χ1n) is 8.10. The largest absolute Gasteiger partial charge is 0.385 e. The molecular weight excluding hydrogens is 420 g/mol. The molecule has 0 unspecified atom stereocenters. The van der Waals surface area contributed by atoms with Crippen LogP contribution in [0.4, 0.5) is 0 Å². The first-order valence-corrected chi connectivity index (χ1v) is 10.4. The summed E-state index contributed by atoms with van der Waals surface area (Å²) < 4.78 is 23.5. The van der Waals surface area contributed by atoms with Crippen molar-refractivity contribution in [3.8, 4) is 0 Å². The van der Waals surface area contributed by atoms with Crippen LogP contribution in [0.15, 0.2) is 57.9 Å². The summed E-state index contributed by atoms with van der Waals surface area (Å²) in [7, 11) is -3.78. The lowest BCUT2D eigenvalue weighted by molar-refractivity contribution is -0.0211. The highest BCUT2D eigenvalue weighted by atomic mass is 79.9. The summed E-state index contributed by atoms with van der Waals surface area (Å²) in [6.07, 6.45) is 0.880. The summed E-state index contributed by atoms with van der Waals surface area (Å²) in [6, 6.07) is 13.1. The minimum atomic E-state index is -3.78. The highest BCUT2D eigenvalue weighted by molar-refractivity contribution is 9.10. The number of carbonyl (C=O) groups excluding carboxylic acids is 1. The molecule has 0 bridgehead atoms. The van der Waals surface area contributed by atoms with Gasteiger partial charge in [-0.2, -0.15) is 0 Å². The average Bonchev–Trinajstić information content (AvgIpc) is 2.62. The molecule has 0 aliphatic carbocycles. The van der Waals surface area contributed by atoms with E-state index in [0.717, 1.165) is 10.0 Å². The van der Waals surface area contributed by atoms with E-state index in [1.165, 1.54) is 24.3 Å². The van der Waals surface area contributed by atoms with Gasteiger partial charge in [0.2, 0.25) is 10.0 Å². The van der Waals surface area contributed by atoms with Gasteiger partial charge >= 0.3 is 0 Å². The normalized spacial score (nSPS) is 17.1. The molecule has 1 aliphatic heterocycles. The van der Waals surface area contributed by atoms with Gasteiger partial charge in [0, 0.05) is 23.1 Å². The molecule has 1 aliphatic rings. The molecule has 2 aromatic carbocycles. The van der Waals surface area contributed by atoms with E-state index in [1.54, 1.807) is 4.90 Å². The van der Waals surface area contributed by atoms with Crippen molar-refractivity contribution < 1.29 is 18.3 Å². The number of nitrogens with two attached hydrogens (primary N) is 1. The first-order chi connectivity index (χ1) is 12.2. The lowest BCUT2D eigenvalue weighted by Gasteiger charge is -2.38. The zero-order valence-electron chi connectivity index (χ0n) is 13.9. The van der Waals surface area contributed by atoms with Crippen LogP contribution < -0.4 is 5.14 Å². The van der Waals surface area contributed by atoms with Crippen LogP contribution in [0.5, 0.6) is 0 Å². The highest BCUT2D eigenvalue weighted by Crippen LogP contribution is 2.33. The summed E-state index contributed by atoms with van der Waals surface area (Å²) in [5.41, 5.74) is 0.284. The van der Waals surface area contributed by atoms with Gasteiger partial charge in [-0.3, -0.25) is 4.79 Å². The van der Waals surface area contributed by atoms with Crippen molar-refractivity contribution in [1.29, 1.82) is 0 Å². The Balaban J connectivity index is 1.69. The van der Waals surface area contributed by atoms with Gasteiger partial charge in [-0.15, -0.1) is 0 Å². The molecule has 3 N–H and O–H groups in total. The van der Waals surface area contributed by atoms with Crippen LogP contribution in [0.3, 0.4) is 0 Å². The van der Waals surface area contributed by atoms with Gasteiger partial charge < -0.3 is 10.0 Å². The van der Waals surface area contributed by atoms with Gasteiger partial charge in [0.25, 0.3) is 5.91 Å². The number of sulfonamides is 1. The van der Waals surface area contributed by atoms with Gasteiger partial charge in [0.05, 0.1) is 10.5 Å². The maximum Gasteiger partial charge on any atom is 0.253 e. The smallest absolute Gasteiger partial charge is 0.253 e. The molecule has 2 aromatic rings. The number of likely N-dealkylation sites (tertiary alicyclic amines) is 1. The molecule has 0 aromatic heterocycles. The Labute approximate surface area is 160 Å². The summed E-state index contributed by atoms with van der Waals surface area (Å²) in [5, 5.41) is 16.0. The molecule has 0 saturated carbocycles. The van der Waals surface area contributed by atoms with Crippen molar-refractivity contribution in [2.75, 3.05) is 13.1 Å². The van der Waals surface area contributed by atoms with Crippen molar-refractivity contribution >= 4 is 31.9 Å². The van der Waals surface area contributed by atoms with E-state index in [-0.39, 0.29) is 10.8 Å². The number of benzene rings is 2. The fraction of sp³-hybridized carbons (Fsp3) is 0.278. The first kappa shape index (κ1) is 19.0. The van der Waals surface area contributed by atoms with E-state index in [9.17, 15) is 18.3 Å². The summed E-state index contributed by atoms with van der Waals surface area (Å²) >= 11 is 3.38. The number of piperidine rings is 1. The lowest BCUT2D eigenvalue weighted by atomic mass is 9.84. The van der Waals surface area contributed by atoms with E-state index in [1.807, 2.05) is 24.3 Å². The third-order valence-electron chi connectivity index (χ3n) is 4.69. The second-order valence-corrected chi connectivity index (χ2v) is 8.88. The van der Waals surface area contributed by atoms with Gasteiger partial charge in [-0.1, -0.05) is 28.1 Å². The summed E-state index contributed by atoms with van der Waals surface area (Å²) in [5.74, 6) is -0.191. The SMILES string of the molecule is NS(=O)(=O)c1ccc(C(=O)N2CCC(O)(c3ccc(Br)cc3)CC2)cc1. The minimum absolute atomic E-state index is 0.0303. The molecule has 0 spiro atoms. The fourth-order valence-corrected chi connectivity index (χ4v) is 3.88. The molecule has 0 radical (unpaired) electrons. The average molecular weight is 439 g/mol. The molecule has 138 valence electrons. The maximum atomic E-state index is 12.6. The number of nitrogens with zero attached hydrogens (tertiary/aromatic N) is 1. The van der Waals surface area contributed by atoms with E-state index in [2.05, 4.69) is 15.9 Å². The molecule has 3 rings (SSSR count). The number of primary sulfonamides is 1. The Morgan fingerprint density at radius 2 is 1.58 bits per heavy atom. The van der Waals surface area contributed by atoms with Crippen LogP contribution in [0.25, 0.3) is 0 Å². The number of carbonyl (C=O) groups is 1. The number of hydrogen-bond donors (Lipinski definition) is 2. The van der Waals surface area contributed by atoms with Crippen LogP contribution in [0, 0.1) is 0 Å². The maximum absolute atomic E-state index is 12.6. The third-order valence-corrected chi connectivity index (χ3v) is 6.15. The van der Waals surface area contributed by atoms with E-state index in [4.69, 9.17) is 5.14 Å². The van der Waals surface area contributed by atoms with Crippen LogP contribution in [-0.4, -0.2) is 37.4 Å². The second-order valence-electron chi connectivity index (χ2n) is 6.40. The zero-order valence-corrected chi connectivity index (χ0v) is 16.3. The van der Waals surface area contributed by atoms with Crippen LogP contribution >= 0.6 is 15.9 Å². The molecular formula is C18H19BrN2O4S. The van der Waals surface area contributed by atoms with Gasteiger partial charge in [-0.05, 0) is 54.8 Å². The topological polar surface area (TPSA) is 101 Å². The molecule has 1 heterocycles. The Kier molecular flexibility index (Phi) is 5.21. The number of rotatable bonds is 3. The summed E-state index contributed by atoms with van der Waals surface area (Å²) in [4.78, 5) is 14.2. The van der Waals surface area contributed by atoms with E-state index >= 15 is 0 Å². The van der Waals surface area contributed by atoms with E-state index < -0.39 is 15.6 Å². The minimum Gasteiger partial charge on any atom is -0.385 e. The van der Waals surface area contributed by atoms with Crippen molar-refractivity contribution in [2.45, 2.75) is 23.3 Å². The predicted octanol–water partition coefficient (Wildman–Crippen LogP) is 2.22.